The molecule has 0 bridgehead atoms. The first-order valence-corrected chi connectivity index (χ1v) is 18.9. The Balaban J connectivity index is 1.92. The maximum Gasteiger partial charge on any atom is 0.185 e. The van der Waals surface area contributed by atoms with Gasteiger partial charge in [-0.05, 0) is 88.0 Å². The lowest BCUT2D eigenvalue weighted by atomic mass is 9.97. The molecule has 0 aromatic heterocycles. The summed E-state index contributed by atoms with van der Waals surface area (Å²) in [5.74, 6) is 2.62. The van der Waals surface area contributed by atoms with E-state index in [1.54, 1.807) is 24.3 Å². The van der Waals surface area contributed by atoms with Crippen molar-refractivity contribution in [2.45, 2.75) is 93.7 Å². The minimum absolute atomic E-state index is 0.0428. The topological polar surface area (TPSA) is 63.6 Å². The molecule has 1 fully saturated rings. The summed E-state index contributed by atoms with van der Waals surface area (Å²) in [4.78, 5) is 0.354. The Labute approximate surface area is 269 Å². The number of sulfone groups is 1. The van der Waals surface area contributed by atoms with Crippen molar-refractivity contribution in [1.82, 2.24) is 0 Å². The lowest BCUT2D eigenvalue weighted by Crippen LogP contribution is -2.45. The lowest BCUT2D eigenvalue weighted by molar-refractivity contribution is 0.0243. The summed E-state index contributed by atoms with van der Waals surface area (Å²) in [7, 11) is -3.60. The van der Waals surface area contributed by atoms with E-state index in [0.29, 0.717) is 30.3 Å². The van der Waals surface area contributed by atoms with Gasteiger partial charge in [-0.2, -0.15) is 0 Å². The van der Waals surface area contributed by atoms with Crippen molar-refractivity contribution in [3.63, 3.8) is 0 Å². The van der Waals surface area contributed by atoms with E-state index in [4.69, 9.17) is 9.84 Å². The van der Waals surface area contributed by atoms with Gasteiger partial charge in [-0.1, -0.05) is 97.3 Å². The summed E-state index contributed by atoms with van der Waals surface area (Å²) in [6.07, 6.45) is 9.86. The molecule has 1 aliphatic heterocycles. The average Bonchev–Trinajstić information content (AvgIpc) is 3.00. The van der Waals surface area contributed by atoms with Crippen LogP contribution in [0.25, 0.3) is 0 Å². The predicted molar refractivity (Wildman–Crippen MR) is 186 cm³/mol. The smallest absolute Gasteiger partial charge is 0.185 e. The van der Waals surface area contributed by atoms with Gasteiger partial charge >= 0.3 is 0 Å². The minimum Gasteiger partial charge on any atom is -0.392 e. The van der Waals surface area contributed by atoms with E-state index in [9.17, 15) is 8.42 Å². The van der Waals surface area contributed by atoms with E-state index in [0.717, 1.165) is 46.6 Å². The fraction of sp³-hybridized carbons (Fsp3) is 0.500. The highest BCUT2D eigenvalue weighted by Crippen LogP contribution is 2.52. The standard InChI is InChI=1S/C36H50O4S3/c1-28(2)36(41-22-13-23-42-36)35(40-27-32-16-8-6-9-17-32)26-31(5)25-34(43(38,39)33-18-10-7-11-19-33)24-30(4)15-12-14-29(3)20-21-37/h6-11,15-20,25,28,34-35,37H,12-14,21-24,26-27H2,1-5H3/b29-20+,30-15+,31-25+. The molecule has 2 atom stereocenters. The molecule has 1 N–H and O–H groups in total. The third kappa shape index (κ3) is 10.7. The van der Waals surface area contributed by atoms with Crippen molar-refractivity contribution < 1.29 is 18.3 Å². The molecule has 0 spiro atoms. The van der Waals surface area contributed by atoms with Gasteiger partial charge in [0.1, 0.15) is 0 Å². The first-order chi connectivity index (χ1) is 20.6. The summed E-state index contributed by atoms with van der Waals surface area (Å²) in [5, 5.41) is 8.48. The summed E-state index contributed by atoms with van der Waals surface area (Å²) in [5.41, 5.74) is 4.38. The first kappa shape index (κ1) is 35.7. The zero-order valence-electron chi connectivity index (χ0n) is 26.5. The van der Waals surface area contributed by atoms with Gasteiger partial charge in [-0.25, -0.2) is 8.42 Å². The van der Waals surface area contributed by atoms with Gasteiger partial charge < -0.3 is 9.84 Å². The van der Waals surface area contributed by atoms with Crippen LogP contribution in [0.4, 0.5) is 0 Å². The number of ether oxygens (including phenoxy) is 1. The highest BCUT2D eigenvalue weighted by atomic mass is 32.2. The second-order valence-electron chi connectivity index (χ2n) is 11.9. The van der Waals surface area contributed by atoms with Crippen LogP contribution in [0.3, 0.4) is 0 Å². The Hall–Kier alpha value is -1.77. The van der Waals surface area contributed by atoms with E-state index in [-0.39, 0.29) is 16.8 Å². The van der Waals surface area contributed by atoms with Gasteiger partial charge in [0.25, 0.3) is 0 Å². The molecule has 0 amide bonds. The van der Waals surface area contributed by atoms with Crippen LogP contribution < -0.4 is 0 Å². The Kier molecular flexibility index (Phi) is 14.7. The SMILES string of the molecule is C/C(=C\CO)CC/C=C(\C)CC(/C=C(\C)CC(OCc1ccccc1)C1(C(C)C)SCCCS1)S(=O)(=O)c1ccccc1. The Morgan fingerprint density at radius 2 is 1.53 bits per heavy atom. The Morgan fingerprint density at radius 1 is 0.907 bits per heavy atom. The van der Waals surface area contributed by atoms with Crippen molar-refractivity contribution in [2.75, 3.05) is 18.1 Å². The number of hydrogen-bond acceptors (Lipinski definition) is 6. The zero-order valence-corrected chi connectivity index (χ0v) is 28.9. The van der Waals surface area contributed by atoms with Crippen molar-refractivity contribution in [3.8, 4) is 0 Å². The van der Waals surface area contributed by atoms with Crippen LogP contribution in [-0.4, -0.2) is 47.1 Å². The molecular formula is C36H50O4S3. The molecule has 236 valence electrons. The zero-order chi connectivity index (χ0) is 31.3. The van der Waals surface area contributed by atoms with E-state index in [1.807, 2.05) is 73.8 Å². The second-order valence-corrected chi connectivity index (χ2v) is 17.0. The highest BCUT2D eigenvalue weighted by molar-refractivity contribution is 8.18. The summed E-state index contributed by atoms with van der Waals surface area (Å²) < 4.78 is 34.7. The largest absolute Gasteiger partial charge is 0.392 e. The fourth-order valence-corrected chi connectivity index (χ4v) is 10.8. The fourth-order valence-electron chi connectivity index (χ4n) is 5.47. The van der Waals surface area contributed by atoms with Crippen LogP contribution in [0, 0.1) is 5.92 Å². The molecule has 4 nitrogen and oxygen atoms in total. The van der Waals surface area contributed by atoms with Gasteiger partial charge in [-0.15, -0.1) is 23.5 Å². The van der Waals surface area contributed by atoms with Crippen LogP contribution in [0.1, 0.15) is 72.3 Å². The molecule has 43 heavy (non-hydrogen) atoms. The van der Waals surface area contributed by atoms with Gasteiger partial charge in [0.05, 0.1) is 33.5 Å². The number of rotatable bonds is 16. The highest BCUT2D eigenvalue weighted by Gasteiger charge is 2.45. The van der Waals surface area contributed by atoms with Crippen LogP contribution in [0.5, 0.6) is 0 Å². The van der Waals surface area contributed by atoms with Crippen molar-refractivity contribution >= 4 is 33.4 Å². The number of allylic oxidation sites excluding steroid dienone is 3. The Bertz CT molecular complexity index is 1310. The molecule has 0 saturated carbocycles. The summed E-state index contributed by atoms with van der Waals surface area (Å²) in [6.45, 7) is 11.3. The molecule has 1 aliphatic rings. The average molecular weight is 643 g/mol. The number of hydrogen-bond donors (Lipinski definition) is 1. The molecule has 0 radical (unpaired) electrons. The molecule has 7 heteroatoms. The number of aliphatic hydroxyl groups excluding tert-OH is 1. The monoisotopic (exact) mass is 642 g/mol. The normalized spacial score (nSPS) is 18.1. The maximum atomic E-state index is 14.0. The third-order valence-corrected chi connectivity index (χ3v) is 14.0. The lowest BCUT2D eigenvalue weighted by Gasteiger charge is -2.45. The van der Waals surface area contributed by atoms with E-state index < -0.39 is 15.1 Å². The van der Waals surface area contributed by atoms with Gasteiger partial charge in [0.2, 0.25) is 0 Å². The van der Waals surface area contributed by atoms with Crippen molar-refractivity contribution in [3.05, 3.63) is 101 Å². The van der Waals surface area contributed by atoms with Crippen molar-refractivity contribution in [1.29, 1.82) is 0 Å². The van der Waals surface area contributed by atoms with Gasteiger partial charge in [0.15, 0.2) is 9.84 Å². The van der Waals surface area contributed by atoms with Crippen LogP contribution in [-0.2, 0) is 21.2 Å². The molecule has 3 rings (SSSR count). The van der Waals surface area contributed by atoms with Crippen LogP contribution in [0.2, 0.25) is 0 Å². The van der Waals surface area contributed by atoms with E-state index in [2.05, 4.69) is 39.0 Å². The third-order valence-electron chi connectivity index (χ3n) is 7.93. The maximum absolute atomic E-state index is 14.0. The van der Waals surface area contributed by atoms with Crippen molar-refractivity contribution in [2.24, 2.45) is 5.92 Å². The van der Waals surface area contributed by atoms with E-state index in [1.165, 1.54) is 6.42 Å². The van der Waals surface area contributed by atoms with E-state index >= 15 is 0 Å². The second kappa shape index (κ2) is 17.6. The molecule has 1 heterocycles. The quantitative estimate of drug-likeness (QED) is 0.184. The van der Waals surface area contributed by atoms with Crippen LogP contribution >= 0.6 is 23.5 Å². The summed E-state index contributed by atoms with van der Waals surface area (Å²) in [6, 6.07) is 19.1. The summed E-state index contributed by atoms with van der Waals surface area (Å²) >= 11 is 4.03. The van der Waals surface area contributed by atoms with Gasteiger partial charge in [-0.3, -0.25) is 0 Å². The molecule has 1 saturated heterocycles. The number of thioether (sulfide) groups is 2. The molecule has 2 aromatic carbocycles. The number of aliphatic hydroxyl groups is 1. The van der Waals surface area contributed by atoms with Gasteiger partial charge in [0, 0.05) is 0 Å². The minimum atomic E-state index is -3.60. The number of benzene rings is 2. The molecular weight excluding hydrogens is 593 g/mol. The Morgan fingerprint density at radius 3 is 2.14 bits per heavy atom. The molecule has 0 aliphatic carbocycles. The molecule has 2 unspecified atom stereocenters. The van der Waals surface area contributed by atoms with Crippen LogP contribution in [0.15, 0.2) is 101 Å². The predicted octanol–water partition coefficient (Wildman–Crippen LogP) is 9.03. The molecule has 2 aromatic rings. The first-order valence-electron chi connectivity index (χ1n) is 15.4.